The summed E-state index contributed by atoms with van der Waals surface area (Å²) < 4.78 is 5.16. The average molecular weight is 272 g/mol. The van der Waals surface area contributed by atoms with Crippen LogP contribution in [0.3, 0.4) is 0 Å². The fourth-order valence-electron chi connectivity index (χ4n) is 1.95. The highest BCUT2D eigenvalue weighted by Gasteiger charge is 2.08. The van der Waals surface area contributed by atoms with Crippen molar-refractivity contribution in [2.24, 2.45) is 0 Å². The Morgan fingerprint density at radius 2 is 1.95 bits per heavy atom. The van der Waals surface area contributed by atoms with Gasteiger partial charge in [0.25, 0.3) is 0 Å². The van der Waals surface area contributed by atoms with Crippen LogP contribution >= 0.6 is 0 Å². The molecule has 20 heavy (non-hydrogen) atoms. The minimum absolute atomic E-state index is 0.125. The number of aromatic nitrogens is 2. The SMILES string of the molecule is CCc1nc(N)cc(NC(C)c2ccc(OC)cc2)n1. The summed E-state index contributed by atoms with van der Waals surface area (Å²) in [7, 11) is 1.66. The van der Waals surface area contributed by atoms with Crippen LogP contribution in [0, 0.1) is 0 Å². The van der Waals surface area contributed by atoms with E-state index < -0.39 is 0 Å². The maximum atomic E-state index is 5.78. The van der Waals surface area contributed by atoms with E-state index in [2.05, 4.69) is 22.2 Å². The molecule has 0 fully saturated rings. The third-order valence-corrected chi connectivity index (χ3v) is 3.09. The van der Waals surface area contributed by atoms with E-state index >= 15 is 0 Å². The van der Waals surface area contributed by atoms with Crippen LogP contribution < -0.4 is 15.8 Å². The van der Waals surface area contributed by atoms with E-state index in [4.69, 9.17) is 10.5 Å². The lowest BCUT2D eigenvalue weighted by atomic mass is 10.1. The Hall–Kier alpha value is -2.30. The lowest BCUT2D eigenvalue weighted by Gasteiger charge is -2.16. The largest absolute Gasteiger partial charge is 0.497 e. The van der Waals surface area contributed by atoms with Crippen molar-refractivity contribution in [1.29, 1.82) is 0 Å². The first-order valence-electron chi connectivity index (χ1n) is 6.66. The van der Waals surface area contributed by atoms with Crippen LogP contribution in [0.1, 0.15) is 31.3 Å². The van der Waals surface area contributed by atoms with Crippen molar-refractivity contribution < 1.29 is 4.74 Å². The number of ether oxygens (including phenoxy) is 1. The summed E-state index contributed by atoms with van der Waals surface area (Å²) in [5.41, 5.74) is 6.93. The Kier molecular flexibility index (Phi) is 4.40. The summed E-state index contributed by atoms with van der Waals surface area (Å²) in [4.78, 5) is 8.59. The molecule has 1 unspecified atom stereocenters. The molecule has 0 aliphatic carbocycles. The van der Waals surface area contributed by atoms with Gasteiger partial charge in [-0.05, 0) is 24.6 Å². The molecule has 0 saturated heterocycles. The molecular weight excluding hydrogens is 252 g/mol. The smallest absolute Gasteiger partial charge is 0.132 e. The number of methoxy groups -OCH3 is 1. The lowest BCUT2D eigenvalue weighted by Crippen LogP contribution is -2.10. The molecule has 106 valence electrons. The molecule has 3 N–H and O–H groups in total. The van der Waals surface area contributed by atoms with Gasteiger partial charge in [-0.25, -0.2) is 9.97 Å². The summed E-state index contributed by atoms with van der Waals surface area (Å²) in [6.45, 7) is 4.08. The summed E-state index contributed by atoms with van der Waals surface area (Å²) >= 11 is 0. The van der Waals surface area contributed by atoms with E-state index in [9.17, 15) is 0 Å². The van der Waals surface area contributed by atoms with E-state index in [0.717, 1.165) is 29.4 Å². The van der Waals surface area contributed by atoms with Crippen LogP contribution in [-0.2, 0) is 6.42 Å². The van der Waals surface area contributed by atoms with E-state index in [1.807, 2.05) is 31.2 Å². The predicted octanol–water partition coefficient (Wildman–Crippen LogP) is 2.80. The van der Waals surface area contributed by atoms with Crippen LogP contribution in [0.25, 0.3) is 0 Å². The highest BCUT2D eigenvalue weighted by atomic mass is 16.5. The monoisotopic (exact) mass is 272 g/mol. The lowest BCUT2D eigenvalue weighted by molar-refractivity contribution is 0.414. The standard InChI is InChI=1S/C15H20N4O/c1-4-14-18-13(16)9-15(19-14)17-10(2)11-5-7-12(20-3)8-6-11/h5-10H,4H2,1-3H3,(H3,16,17,18,19). The first-order chi connectivity index (χ1) is 9.62. The van der Waals surface area contributed by atoms with Crippen LogP contribution in [0.5, 0.6) is 5.75 Å². The Labute approximate surface area is 119 Å². The molecule has 1 aromatic carbocycles. The number of nitrogens with two attached hydrogens (primary N) is 1. The van der Waals surface area contributed by atoms with Crippen molar-refractivity contribution in [3.8, 4) is 5.75 Å². The van der Waals surface area contributed by atoms with Gasteiger partial charge in [-0.2, -0.15) is 0 Å². The molecule has 0 bridgehead atoms. The summed E-state index contributed by atoms with van der Waals surface area (Å²) in [6, 6.07) is 9.82. The van der Waals surface area contributed by atoms with Gasteiger partial charge in [0, 0.05) is 18.5 Å². The molecule has 0 saturated carbocycles. The Bertz CT molecular complexity index is 569. The fourth-order valence-corrected chi connectivity index (χ4v) is 1.95. The Morgan fingerprint density at radius 1 is 1.25 bits per heavy atom. The summed E-state index contributed by atoms with van der Waals surface area (Å²) in [6.07, 6.45) is 0.761. The van der Waals surface area contributed by atoms with E-state index in [0.29, 0.717) is 5.82 Å². The van der Waals surface area contributed by atoms with Crippen molar-refractivity contribution >= 4 is 11.6 Å². The van der Waals surface area contributed by atoms with Gasteiger partial charge in [0.05, 0.1) is 7.11 Å². The molecule has 1 aromatic heterocycles. The van der Waals surface area contributed by atoms with Gasteiger partial charge in [-0.15, -0.1) is 0 Å². The van der Waals surface area contributed by atoms with Crippen LogP contribution in [0.15, 0.2) is 30.3 Å². The summed E-state index contributed by atoms with van der Waals surface area (Å²) in [5.74, 6) is 2.83. The van der Waals surface area contributed by atoms with Gasteiger partial charge >= 0.3 is 0 Å². The van der Waals surface area contributed by atoms with Gasteiger partial charge in [0.2, 0.25) is 0 Å². The third-order valence-electron chi connectivity index (χ3n) is 3.09. The normalized spacial score (nSPS) is 11.9. The molecule has 5 nitrogen and oxygen atoms in total. The maximum Gasteiger partial charge on any atom is 0.132 e. The fraction of sp³-hybridized carbons (Fsp3) is 0.333. The number of nitrogens with one attached hydrogen (secondary N) is 1. The number of rotatable bonds is 5. The molecule has 2 rings (SSSR count). The highest BCUT2D eigenvalue weighted by Crippen LogP contribution is 2.21. The van der Waals surface area contributed by atoms with E-state index in [1.165, 1.54) is 0 Å². The van der Waals surface area contributed by atoms with Crippen molar-refractivity contribution in [3.63, 3.8) is 0 Å². The Balaban J connectivity index is 2.13. The molecule has 0 spiro atoms. The molecule has 2 aromatic rings. The highest BCUT2D eigenvalue weighted by molar-refractivity contribution is 5.46. The topological polar surface area (TPSA) is 73.1 Å². The third kappa shape index (κ3) is 3.38. The zero-order chi connectivity index (χ0) is 14.5. The molecule has 0 aliphatic heterocycles. The number of anilines is 2. The van der Waals surface area contributed by atoms with Gasteiger partial charge in [-0.3, -0.25) is 0 Å². The molecule has 0 amide bonds. The minimum Gasteiger partial charge on any atom is -0.497 e. The van der Waals surface area contributed by atoms with Crippen molar-refractivity contribution in [2.45, 2.75) is 26.3 Å². The van der Waals surface area contributed by atoms with Gasteiger partial charge < -0.3 is 15.8 Å². The van der Waals surface area contributed by atoms with Crippen LogP contribution in [-0.4, -0.2) is 17.1 Å². The molecule has 1 heterocycles. The number of benzene rings is 1. The van der Waals surface area contributed by atoms with E-state index in [1.54, 1.807) is 13.2 Å². The minimum atomic E-state index is 0.125. The van der Waals surface area contributed by atoms with Crippen LogP contribution in [0.2, 0.25) is 0 Å². The van der Waals surface area contributed by atoms with Crippen molar-refractivity contribution in [2.75, 3.05) is 18.2 Å². The number of nitrogens with zero attached hydrogens (tertiary/aromatic N) is 2. The molecule has 5 heteroatoms. The van der Waals surface area contributed by atoms with Gasteiger partial charge in [-0.1, -0.05) is 19.1 Å². The second-order valence-corrected chi connectivity index (χ2v) is 4.59. The predicted molar refractivity (Wildman–Crippen MR) is 80.9 cm³/mol. The average Bonchev–Trinajstić information content (AvgIpc) is 2.46. The van der Waals surface area contributed by atoms with Crippen molar-refractivity contribution in [3.05, 3.63) is 41.7 Å². The molecular formula is C15H20N4O. The zero-order valence-corrected chi connectivity index (χ0v) is 12.1. The van der Waals surface area contributed by atoms with E-state index in [-0.39, 0.29) is 6.04 Å². The molecule has 1 atom stereocenters. The second-order valence-electron chi connectivity index (χ2n) is 4.59. The van der Waals surface area contributed by atoms with Crippen molar-refractivity contribution in [1.82, 2.24) is 9.97 Å². The first kappa shape index (κ1) is 14.1. The number of hydrogen-bond acceptors (Lipinski definition) is 5. The number of aryl methyl sites for hydroxylation is 1. The Morgan fingerprint density at radius 3 is 2.55 bits per heavy atom. The van der Waals surface area contributed by atoms with Crippen LogP contribution in [0.4, 0.5) is 11.6 Å². The van der Waals surface area contributed by atoms with Gasteiger partial charge in [0.1, 0.15) is 23.2 Å². The van der Waals surface area contributed by atoms with Gasteiger partial charge in [0.15, 0.2) is 0 Å². The zero-order valence-electron chi connectivity index (χ0n) is 12.1. The summed E-state index contributed by atoms with van der Waals surface area (Å²) in [5, 5.41) is 3.34. The maximum absolute atomic E-state index is 5.78. The number of nitrogen functional groups attached to an aromatic ring is 1. The molecule has 0 aliphatic rings. The second kappa shape index (κ2) is 6.23. The quantitative estimate of drug-likeness (QED) is 0.875. The first-order valence-corrected chi connectivity index (χ1v) is 6.66. The molecule has 0 radical (unpaired) electrons. The number of hydrogen-bond donors (Lipinski definition) is 2.